The van der Waals surface area contributed by atoms with Crippen LogP contribution in [0.4, 0.5) is 20.2 Å². The summed E-state index contributed by atoms with van der Waals surface area (Å²) in [4.78, 5) is 27.0. The first-order chi connectivity index (χ1) is 16.4. The molecule has 9 heteroatoms. The van der Waals surface area contributed by atoms with E-state index in [-0.39, 0.29) is 29.1 Å². The van der Waals surface area contributed by atoms with Crippen molar-refractivity contribution in [3.63, 3.8) is 0 Å². The molecule has 0 aromatic heterocycles. The molecule has 3 N–H and O–H groups in total. The summed E-state index contributed by atoms with van der Waals surface area (Å²) >= 11 is 0. The van der Waals surface area contributed by atoms with E-state index in [2.05, 4.69) is 15.5 Å². The normalized spacial score (nSPS) is 13.4. The zero-order valence-corrected chi connectivity index (χ0v) is 18.2. The lowest BCUT2D eigenvalue weighted by atomic mass is 10.1. The molecule has 7 nitrogen and oxygen atoms in total. The van der Waals surface area contributed by atoms with Crippen molar-refractivity contribution in [1.82, 2.24) is 5.32 Å². The van der Waals surface area contributed by atoms with Gasteiger partial charge in [0.25, 0.3) is 11.8 Å². The largest absolute Gasteiger partial charge is 0.507 e. The molecule has 1 heterocycles. The van der Waals surface area contributed by atoms with E-state index in [1.54, 1.807) is 0 Å². The third-order valence-corrected chi connectivity index (χ3v) is 5.39. The van der Waals surface area contributed by atoms with Crippen molar-refractivity contribution < 1.29 is 28.2 Å². The molecule has 0 aliphatic carbocycles. The van der Waals surface area contributed by atoms with Gasteiger partial charge < -0.3 is 25.4 Å². The number of aromatic hydroxyl groups is 1. The van der Waals surface area contributed by atoms with Crippen LogP contribution in [0.5, 0.6) is 5.75 Å². The topological polar surface area (TPSA) is 90.9 Å². The van der Waals surface area contributed by atoms with Crippen molar-refractivity contribution in [2.75, 3.05) is 36.5 Å². The van der Waals surface area contributed by atoms with Crippen LogP contribution in [0, 0.1) is 11.6 Å². The van der Waals surface area contributed by atoms with Crippen LogP contribution in [0.2, 0.25) is 0 Å². The lowest BCUT2D eigenvalue weighted by molar-refractivity contribution is 0.0947. The lowest BCUT2D eigenvalue weighted by Crippen LogP contribution is -2.36. The van der Waals surface area contributed by atoms with Crippen LogP contribution in [-0.2, 0) is 11.3 Å². The van der Waals surface area contributed by atoms with E-state index in [0.717, 1.165) is 36.5 Å². The van der Waals surface area contributed by atoms with Gasteiger partial charge in [-0.3, -0.25) is 9.59 Å². The van der Waals surface area contributed by atoms with Crippen molar-refractivity contribution >= 4 is 23.2 Å². The van der Waals surface area contributed by atoms with Crippen molar-refractivity contribution in [2.45, 2.75) is 6.54 Å². The van der Waals surface area contributed by atoms with Crippen LogP contribution < -0.4 is 15.5 Å². The number of carbonyl (C=O) groups is 2. The van der Waals surface area contributed by atoms with Crippen molar-refractivity contribution in [1.29, 1.82) is 0 Å². The predicted octanol–water partition coefficient (Wildman–Crippen LogP) is 3.69. The minimum atomic E-state index is -0.879. The Labute approximate surface area is 195 Å². The Morgan fingerprint density at radius 2 is 1.59 bits per heavy atom. The van der Waals surface area contributed by atoms with E-state index >= 15 is 0 Å². The highest BCUT2D eigenvalue weighted by Gasteiger charge is 2.15. The van der Waals surface area contributed by atoms with Gasteiger partial charge in [-0.2, -0.15) is 0 Å². The number of amides is 2. The number of phenols is 1. The third-order valence-electron chi connectivity index (χ3n) is 5.39. The first kappa shape index (κ1) is 23.2. The van der Waals surface area contributed by atoms with Gasteiger partial charge in [-0.25, -0.2) is 8.78 Å². The average Bonchev–Trinajstić information content (AvgIpc) is 2.83. The number of hydrogen-bond donors (Lipinski definition) is 3. The standard InChI is InChI=1S/C25H23F2N3O4/c26-18-11-17(12-19(27)13-18)24(32)29-20-3-6-22(23(31)14-20)25(33)28-15-16-1-4-21(5-2-16)30-7-9-34-10-8-30/h1-6,11-14,31H,7-10,15H2,(H,28,33)(H,29,32). The average molecular weight is 467 g/mol. The molecule has 0 spiro atoms. The zero-order valence-electron chi connectivity index (χ0n) is 18.2. The highest BCUT2D eigenvalue weighted by molar-refractivity contribution is 6.05. The molecule has 1 saturated heterocycles. The fourth-order valence-electron chi connectivity index (χ4n) is 3.61. The second-order valence-corrected chi connectivity index (χ2v) is 7.79. The molecule has 0 bridgehead atoms. The fraction of sp³-hybridized carbons (Fsp3) is 0.200. The van der Waals surface area contributed by atoms with Crippen molar-refractivity contribution in [3.8, 4) is 5.75 Å². The minimum Gasteiger partial charge on any atom is -0.507 e. The van der Waals surface area contributed by atoms with E-state index < -0.39 is 23.4 Å². The molecule has 3 aromatic carbocycles. The van der Waals surface area contributed by atoms with Gasteiger partial charge in [0.1, 0.15) is 17.4 Å². The van der Waals surface area contributed by atoms with Gasteiger partial charge in [0, 0.05) is 48.7 Å². The second kappa shape index (κ2) is 10.3. The number of phenolic OH excluding ortho intramolecular Hbond substituents is 1. The molecule has 1 fully saturated rings. The summed E-state index contributed by atoms with van der Waals surface area (Å²) in [6.45, 7) is 3.35. The summed E-state index contributed by atoms with van der Waals surface area (Å²) in [5, 5.41) is 15.4. The quantitative estimate of drug-likeness (QED) is 0.515. The third kappa shape index (κ3) is 5.68. The van der Waals surface area contributed by atoms with Crippen molar-refractivity contribution in [2.24, 2.45) is 0 Å². The van der Waals surface area contributed by atoms with Crippen LogP contribution >= 0.6 is 0 Å². The molecule has 34 heavy (non-hydrogen) atoms. The van der Waals surface area contributed by atoms with Crippen molar-refractivity contribution in [3.05, 3.63) is 89.0 Å². The van der Waals surface area contributed by atoms with E-state index in [1.165, 1.54) is 18.2 Å². The Kier molecular flexibility index (Phi) is 7.03. The molecular weight excluding hydrogens is 444 g/mol. The van der Waals surface area contributed by atoms with Gasteiger partial charge in [0.2, 0.25) is 0 Å². The summed E-state index contributed by atoms with van der Waals surface area (Å²) in [5.41, 5.74) is 1.98. The lowest BCUT2D eigenvalue weighted by Gasteiger charge is -2.28. The van der Waals surface area contributed by atoms with Crippen LogP contribution in [0.25, 0.3) is 0 Å². The molecule has 0 atom stereocenters. The molecule has 0 saturated carbocycles. The number of nitrogens with one attached hydrogen (secondary N) is 2. The van der Waals surface area contributed by atoms with Crippen LogP contribution in [0.15, 0.2) is 60.7 Å². The van der Waals surface area contributed by atoms with Gasteiger partial charge in [0.15, 0.2) is 0 Å². The SMILES string of the molecule is O=C(Nc1ccc(C(=O)NCc2ccc(N3CCOCC3)cc2)c(O)c1)c1cc(F)cc(F)c1. The van der Waals surface area contributed by atoms with E-state index in [1.807, 2.05) is 24.3 Å². The van der Waals surface area contributed by atoms with Crippen LogP contribution in [0.3, 0.4) is 0 Å². The number of rotatable bonds is 6. The van der Waals surface area contributed by atoms with E-state index in [9.17, 15) is 23.5 Å². The summed E-state index contributed by atoms with van der Waals surface area (Å²) in [5.74, 6) is -3.34. The summed E-state index contributed by atoms with van der Waals surface area (Å²) in [6.07, 6.45) is 0. The molecule has 0 unspecified atom stereocenters. The number of hydrogen-bond acceptors (Lipinski definition) is 5. The molecule has 1 aliphatic rings. The highest BCUT2D eigenvalue weighted by atomic mass is 19.1. The first-order valence-corrected chi connectivity index (χ1v) is 10.7. The van der Waals surface area contributed by atoms with Gasteiger partial charge in [0.05, 0.1) is 18.8 Å². The number of nitrogens with zero attached hydrogens (tertiary/aromatic N) is 1. The molecule has 2 amide bonds. The molecule has 1 aliphatic heterocycles. The fourth-order valence-corrected chi connectivity index (χ4v) is 3.61. The highest BCUT2D eigenvalue weighted by Crippen LogP contribution is 2.23. The number of morpholine rings is 1. The molecule has 4 rings (SSSR count). The zero-order chi connectivity index (χ0) is 24.1. The number of ether oxygens (including phenoxy) is 1. The Morgan fingerprint density at radius 3 is 2.24 bits per heavy atom. The predicted molar refractivity (Wildman–Crippen MR) is 123 cm³/mol. The van der Waals surface area contributed by atoms with E-state index in [0.29, 0.717) is 19.3 Å². The number of benzene rings is 3. The second-order valence-electron chi connectivity index (χ2n) is 7.79. The Hall–Kier alpha value is -3.98. The maximum absolute atomic E-state index is 13.3. The van der Waals surface area contributed by atoms with Gasteiger partial charge >= 0.3 is 0 Å². The van der Waals surface area contributed by atoms with Gasteiger partial charge in [-0.15, -0.1) is 0 Å². The smallest absolute Gasteiger partial charge is 0.255 e. The van der Waals surface area contributed by atoms with Crippen LogP contribution in [-0.4, -0.2) is 43.2 Å². The summed E-state index contributed by atoms with van der Waals surface area (Å²) < 4.78 is 32.0. The first-order valence-electron chi connectivity index (χ1n) is 10.7. The molecule has 176 valence electrons. The summed E-state index contributed by atoms with van der Waals surface area (Å²) in [6, 6.07) is 14.3. The number of anilines is 2. The minimum absolute atomic E-state index is 0.0275. The van der Waals surface area contributed by atoms with Crippen LogP contribution in [0.1, 0.15) is 26.3 Å². The Morgan fingerprint density at radius 1 is 0.912 bits per heavy atom. The summed E-state index contributed by atoms with van der Waals surface area (Å²) in [7, 11) is 0. The van der Waals surface area contributed by atoms with E-state index in [4.69, 9.17) is 4.74 Å². The monoisotopic (exact) mass is 467 g/mol. The van der Waals surface area contributed by atoms with Gasteiger partial charge in [-0.1, -0.05) is 12.1 Å². The van der Waals surface area contributed by atoms with Gasteiger partial charge in [-0.05, 0) is 42.0 Å². The Bertz CT molecular complexity index is 1180. The Balaban J connectivity index is 1.35. The molecule has 0 radical (unpaired) electrons. The molecular formula is C25H23F2N3O4. The number of carbonyl (C=O) groups excluding carboxylic acids is 2. The molecule has 3 aromatic rings. The maximum atomic E-state index is 13.3. The number of halogens is 2. The maximum Gasteiger partial charge on any atom is 0.255 e.